The van der Waals surface area contributed by atoms with E-state index in [1.54, 1.807) is 16.2 Å². The molecule has 2 aromatic rings. The van der Waals surface area contributed by atoms with Crippen LogP contribution in [-0.2, 0) is 11.3 Å². The van der Waals surface area contributed by atoms with E-state index in [1.807, 2.05) is 24.3 Å². The monoisotopic (exact) mass is 323 g/mol. The number of quaternary nitrogens is 1. The molecule has 1 aromatic heterocycles. The third-order valence-electron chi connectivity index (χ3n) is 3.69. The Labute approximate surface area is 134 Å². The summed E-state index contributed by atoms with van der Waals surface area (Å²) in [4.78, 5) is 6.32. The van der Waals surface area contributed by atoms with Crippen LogP contribution in [0.3, 0.4) is 0 Å². The molecule has 2 atom stereocenters. The molecule has 0 aliphatic carbocycles. The molecule has 0 saturated carbocycles. The van der Waals surface area contributed by atoms with Gasteiger partial charge in [-0.2, -0.15) is 0 Å². The fourth-order valence-electron chi connectivity index (χ4n) is 2.90. The van der Waals surface area contributed by atoms with Crippen molar-refractivity contribution in [3.05, 3.63) is 40.4 Å². The van der Waals surface area contributed by atoms with Crippen LogP contribution in [-0.4, -0.2) is 30.3 Å². The summed E-state index contributed by atoms with van der Waals surface area (Å²) in [7, 11) is 0. The highest BCUT2D eigenvalue weighted by molar-refractivity contribution is 7.13. The number of hydrogen-bond acceptors (Lipinski definition) is 3. The molecule has 5 heteroatoms. The number of thiazole rings is 1. The maximum Gasteiger partial charge on any atom is 0.123 e. The Morgan fingerprint density at radius 1 is 1.24 bits per heavy atom. The number of rotatable bonds is 3. The summed E-state index contributed by atoms with van der Waals surface area (Å²) < 4.78 is 5.79. The maximum absolute atomic E-state index is 5.93. The lowest BCUT2D eigenvalue weighted by molar-refractivity contribution is -0.928. The van der Waals surface area contributed by atoms with Gasteiger partial charge in [-0.05, 0) is 26.0 Å². The summed E-state index contributed by atoms with van der Waals surface area (Å²) in [5, 5.41) is 3.99. The van der Waals surface area contributed by atoms with Crippen LogP contribution in [0.2, 0.25) is 5.02 Å². The van der Waals surface area contributed by atoms with E-state index in [0.29, 0.717) is 12.2 Å². The van der Waals surface area contributed by atoms with E-state index in [9.17, 15) is 0 Å². The van der Waals surface area contributed by atoms with Crippen LogP contribution in [0.1, 0.15) is 19.5 Å². The molecule has 2 heterocycles. The molecule has 112 valence electrons. The number of benzene rings is 1. The fraction of sp³-hybridized carbons (Fsp3) is 0.438. The lowest BCUT2D eigenvalue weighted by Gasteiger charge is -2.31. The van der Waals surface area contributed by atoms with Gasteiger partial charge in [-0.25, -0.2) is 4.98 Å². The van der Waals surface area contributed by atoms with Crippen molar-refractivity contribution < 1.29 is 9.64 Å². The minimum Gasteiger partial charge on any atom is -0.364 e. The number of hydrogen-bond donors (Lipinski definition) is 1. The summed E-state index contributed by atoms with van der Waals surface area (Å²) in [5.74, 6) is 0. The van der Waals surface area contributed by atoms with Crippen LogP contribution in [0.15, 0.2) is 29.6 Å². The van der Waals surface area contributed by atoms with Crippen molar-refractivity contribution in [1.29, 1.82) is 0 Å². The molecule has 1 aliphatic rings. The predicted octanol–water partition coefficient (Wildman–Crippen LogP) is 2.66. The van der Waals surface area contributed by atoms with E-state index in [0.717, 1.165) is 35.2 Å². The normalized spacial score (nSPS) is 26.0. The molecular formula is C16H20ClN2OS+. The van der Waals surface area contributed by atoms with E-state index >= 15 is 0 Å². The number of nitrogens with one attached hydrogen (secondary N) is 1. The van der Waals surface area contributed by atoms with Gasteiger partial charge in [-0.15, -0.1) is 11.3 Å². The Morgan fingerprint density at radius 2 is 1.90 bits per heavy atom. The van der Waals surface area contributed by atoms with Crippen LogP contribution in [0, 0.1) is 0 Å². The number of ether oxygens (including phenoxy) is 1. The third-order valence-corrected chi connectivity index (χ3v) is 4.88. The van der Waals surface area contributed by atoms with Crippen molar-refractivity contribution in [2.45, 2.75) is 32.6 Å². The Balaban J connectivity index is 1.69. The molecule has 1 saturated heterocycles. The molecule has 0 spiro atoms. The molecule has 3 nitrogen and oxygen atoms in total. The van der Waals surface area contributed by atoms with E-state index in [4.69, 9.17) is 21.3 Å². The van der Waals surface area contributed by atoms with Crippen LogP contribution in [0.4, 0.5) is 0 Å². The first-order chi connectivity index (χ1) is 10.1. The van der Waals surface area contributed by atoms with Gasteiger partial charge in [0.2, 0.25) is 0 Å². The number of aromatic nitrogens is 1. The van der Waals surface area contributed by atoms with Gasteiger partial charge in [0.25, 0.3) is 0 Å². The van der Waals surface area contributed by atoms with Crippen LogP contribution >= 0.6 is 22.9 Å². The zero-order valence-electron chi connectivity index (χ0n) is 12.3. The number of halogens is 1. The molecule has 0 radical (unpaired) electrons. The standard InChI is InChI=1S/C16H19ClN2OS/c1-11-7-19(8-12(2)20-11)9-15-10-21-16(18-15)13-3-5-14(17)6-4-13/h3-6,10-12H,7-9H2,1-2H3/p+1/t11-,12-/m1/s1. The van der Waals surface area contributed by atoms with Crippen LogP contribution < -0.4 is 4.90 Å². The lowest BCUT2D eigenvalue weighted by Crippen LogP contribution is -3.14. The first kappa shape index (κ1) is 15.0. The summed E-state index contributed by atoms with van der Waals surface area (Å²) in [6.45, 7) is 7.38. The van der Waals surface area contributed by atoms with E-state index in [2.05, 4.69) is 19.2 Å². The van der Waals surface area contributed by atoms with E-state index in [1.165, 1.54) is 5.69 Å². The molecule has 21 heavy (non-hydrogen) atoms. The molecule has 1 aliphatic heterocycles. The second-order valence-corrected chi connectivity index (χ2v) is 7.04. The Bertz CT molecular complexity index is 589. The summed E-state index contributed by atoms with van der Waals surface area (Å²) in [5.41, 5.74) is 2.30. The van der Waals surface area contributed by atoms with Crippen LogP contribution in [0.25, 0.3) is 10.6 Å². The van der Waals surface area contributed by atoms with E-state index < -0.39 is 0 Å². The van der Waals surface area contributed by atoms with Gasteiger partial charge in [0.1, 0.15) is 42.5 Å². The van der Waals surface area contributed by atoms with Crippen molar-refractivity contribution in [3.8, 4) is 10.6 Å². The second kappa shape index (κ2) is 6.44. The highest BCUT2D eigenvalue weighted by Crippen LogP contribution is 2.24. The van der Waals surface area contributed by atoms with Gasteiger partial charge in [0.05, 0.1) is 0 Å². The number of nitrogens with zero attached hydrogens (tertiary/aromatic N) is 1. The van der Waals surface area contributed by atoms with Gasteiger partial charge in [0, 0.05) is 16.0 Å². The highest BCUT2D eigenvalue weighted by Gasteiger charge is 2.26. The summed E-state index contributed by atoms with van der Waals surface area (Å²) in [6.07, 6.45) is 0.663. The minimum absolute atomic E-state index is 0.332. The summed E-state index contributed by atoms with van der Waals surface area (Å²) >= 11 is 7.63. The zero-order chi connectivity index (χ0) is 14.8. The van der Waals surface area contributed by atoms with Gasteiger partial charge in [-0.1, -0.05) is 23.7 Å². The van der Waals surface area contributed by atoms with Crippen molar-refractivity contribution in [2.75, 3.05) is 13.1 Å². The third kappa shape index (κ3) is 3.83. The predicted molar refractivity (Wildman–Crippen MR) is 87.0 cm³/mol. The smallest absolute Gasteiger partial charge is 0.123 e. The summed E-state index contributed by atoms with van der Waals surface area (Å²) in [6, 6.07) is 7.87. The molecule has 1 fully saturated rings. The van der Waals surface area contributed by atoms with Crippen LogP contribution in [0.5, 0.6) is 0 Å². The van der Waals surface area contributed by atoms with Gasteiger partial charge >= 0.3 is 0 Å². The topological polar surface area (TPSA) is 26.6 Å². The van der Waals surface area contributed by atoms with Crippen molar-refractivity contribution in [2.24, 2.45) is 0 Å². The fourth-order valence-corrected chi connectivity index (χ4v) is 3.85. The largest absolute Gasteiger partial charge is 0.364 e. The molecule has 0 bridgehead atoms. The first-order valence-electron chi connectivity index (χ1n) is 7.29. The minimum atomic E-state index is 0.332. The second-order valence-electron chi connectivity index (χ2n) is 5.74. The molecule has 1 N–H and O–H groups in total. The molecule has 3 rings (SSSR count). The first-order valence-corrected chi connectivity index (χ1v) is 8.55. The number of morpholine rings is 1. The average Bonchev–Trinajstić information content (AvgIpc) is 2.87. The Kier molecular flexibility index (Phi) is 4.60. The van der Waals surface area contributed by atoms with Gasteiger partial charge in [-0.3, -0.25) is 0 Å². The lowest BCUT2D eigenvalue weighted by atomic mass is 10.2. The highest BCUT2D eigenvalue weighted by atomic mass is 35.5. The van der Waals surface area contributed by atoms with Crippen molar-refractivity contribution >= 4 is 22.9 Å². The molecule has 1 aromatic carbocycles. The van der Waals surface area contributed by atoms with Gasteiger partial charge in [0.15, 0.2) is 0 Å². The SMILES string of the molecule is C[C@@H]1C[NH+](Cc2csc(-c3ccc(Cl)cc3)n2)C[C@@H](C)O1. The van der Waals surface area contributed by atoms with Crippen molar-refractivity contribution in [1.82, 2.24) is 4.98 Å². The van der Waals surface area contributed by atoms with Crippen molar-refractivity contribution in [3.63, 3.8) is 0 Å². The van der Waals surface area contributed by atoms with E-state index in [-0.39, 0.29) is 0 Å². The molecule has 0 amide bonds. The van der Waals surface area contributed by atoms with Gasteiger partial charge < -0.3 is 9.64 Å². The molecule has 0 unspecified atom stereocenters. The maximum atomic E-state index is 5.93. The molecular weight excluding hydrogens is 304 g/mol. The average molecular weight is 324 g/mol. The quantitative estimate of drug-likeness (QED) is 0.940. The Morgan fingerprint density at radius 3 is 2.57 bits per heavy atom. The Hall–Kier alpha value is -0.940. The zero-order valence-corrected chi connectivity index (χ0v) is 13.9.